The van der Waals surface area contributed by atoms with Crippen LogP contribution in [0.25, 0.3) is 11.1 Å². The van der Waals surface area contributed by atoms with Crippen molar-refractivity contribution >= 4 is 15.9 Å². The van der Waals surface area contributed by atoms with Gasteiger partial charge in [0.1, 0.15) is 5.75 Å². The lowest BCUT2D eigenvalue weighted by Gasteiger charge is -2.15. The van der Waals surface area contributed by atoms with E-state index in [1.54, 1.807) is 18.2 Å². The number of amides is 1. The Balaban J connectivity index is 1.56. The Kier molecular flexibility index (Phi) is 6.87. The Morgan fingerprint density at radius 3 is 2.13 bits per heavy atom. The van der Waals surface area contributed by atoms with Crippen molar-refractivity contribution < 1.29 is 17.9 Å². The fourth-order valence-electron chi connectivity index (χ4n) is 2.87. The number of hydrogen-bond donors (Lipinski definition) is 1. The summed E-state index contributed by atoms with van der Waals surface area (Å²) >= 11 is 0. The number of sulfonamides is 1. The molecular formula is C23H24N2O4S. The van der Waals surface area contributed by atoms with Crippen LogP contribution >= 0.6 is 0 Å². The number of rotatable bonds is 8. The molecule has 30 heavy (non-hydrogen) atoms. The van der Waals surface area contributed by atoms with Gasteiger partial charge < -0.3 is 10.1 Å². The van der Waals surface area contributed by atoms with Gasteiger partial charge in [0.25, 0.3) is 5.91 Å². The number of carbonyl (C=O) groups excluding carboxylic acids is 1. The Morgan fingerprint density at radius 1 is 0.867 bits per heavy atom. The fourth-order valence-corrected chi connectivity index (χ4v) is 3.98. The number of ether oxygens (including phenoxy) is 1. The fraction of sp³-hybridized carbons (Fsp3) is 0.174. The second-order valence-corrected chi connectivity index (χ2v) is 8.97. The van der Waals surface area contributed by atoms with Crippen molar-refractivity contribution in [1.82, 2.24) is 9.62 Å². The summed E-state index contributed by atoms with van der Waals surface area (Å²) in [7, 11) is -0.639. The molecule has 0 aliphatic heterocycles. The van der Waals surface area contributed by atoms with Crippen LogP contribution in [0.5, 0.6) is 5.75 Å². The molecule has 0 unspecified atom stereocenters. The second kappa shape index (κ2) is 9.56. The molecule has 3 aromatic carbocycles. The van der Waals surface area contributed by atoms with E-state index in [-0.39, 0.29) is 24.0 Å². The third-order valence-electron chi connectivity index (χ3n) is 4.54. The summed E-state index contributed by atoms with van der Waals surface area (Å²) in [6, 6.07) is 24.1. The minimum atomic E-state index is -3.59. The van der Waals surface area contributed by atoms with Crippen LogP contribution in [0.4, 0.5) is 0 Å². The highest BCUT2D eigenvalue weighted by molar-refractivity contribution is 7.89. The van der Waals surface area contributed by atoms with Gasteiger partial charge in [0.2, 0.25) is 10.0 Å². The van der Waals surface area contributed by atoms with E-state index in [9.17, 15) is 13.2 Å². The van der Waals surface area contributed by atoms with Crippen LogP contribution in [0.2, 0.25) is 0 Å². The maximum Gasteiger partial charge on any atom is 0.258 e. The van der Waals surface area contributed by atoms with Gasteiger partial charge in [0.15, 0.2) is 6.61 Å². The molecule has 0 fully saturated rings. The van der Waals surface area contributed by atoms with Gasteiger partial charge in [-0.05, 0) is 34.9 Å². The first-order valence-electron chi connectivity index (χ1n) is 9.43. The van der Waals surface area contributed by atoms with Gasteiger partial charge in [-0.2, -0.15) is 0 Å². The van der Waals surface area contributed by atoms with E-state index in [0.717, 1.165) is 15.4 Å². The van der Waals surface area contributed by atoms with Gasteiger partial charge in [-0.25, -0.2) is 12.7 Å². The second-order valence-electron chi connectivity index (χ2n) is 6.85. The lowest BCUT2D eigenvalue weighted by atomic mass is 10.1. The average molecular weight is 425 g/mol. The minimum absolute atomic E-state index is 0.0956. The number of nitrogens with one attached hydrogen (secondary N) is 1. The first-order valence-corrected chi connectivity index (χ1v) is 10.9. The van der Waals surface area contributed by atoms with Crippen LogP contribution in [0.15, 0.2) is 83.8 Å². The number of benzene rings is 3. The standard InChI is InChI=1S/C23H24N2O4S/c1-25(2)30(27,28)22-11-7-6-10-20(22)16-24-23(26)17-29-21-14-12-19(13-15-21)18-8-4-3-5-9-18/h3-15H,16-17H2,1-2H3,(H,24,26). The van der Waals surface area contributed by atoms with Crippen LogP contribution in [0.1, 0.15) is 5.56 Å². The van der Waals surface area contributed by atoms with Crippen LogP contribution in [-0.2, 0) is 21.4 Å². The van der Waals surface area contributed by atoms with Crippen LogP contribution in [-0.4, -0.2) is 39.3 Å². The van der Waals surface area contributed by atoms with Crippen LogP contribution in [0.3, 0.4) is 0 Å². The minimum Gasteiger partial charge on any atom is -0.484 e. The molecule has 3 rings (SSSR count). The van der Waals surface area contributed by atoms with E-state index in [1.807, 2.05) is 54.6 Å². The largest absolute Gasteiger partial charge is 0.484 e. The molecule has 3 aromatic rings. The van der Waals surface area contributed by atoms with E-state index < -0.39 is 10.0 Å². The summed E-state index contributed by atoms with van der Waals surface area (Å²) in [6.45, 7) is -0.0638. The Bertz CT molecular complexity index is 1100. The zero-order valence-electron chi connectivity index (χ0n) is 16.9. The number of carbonyl (C=O) groups is 1. The molecule has 0 radical (unpaired) electrons. The molecule has 1 N–H and O–H groups in total. The van der Waals surface area contributed by atoms with E-state index >= 15 is 0 Å². The summed E-state index contributed by atoms with van der Waals surface area (Å²) < 4.78 is 31.5. The molecule has 0 bridgehead atoms. The first-order chi connectivity index (χ1) is 14.4. The molecular weight excluding hydrogens is 400 g/mol. The van der Waals surface area contributed by atoms with E-state index in [1.165, 1.54) is 20.2 Å². The maximum atomic E-state index is 12.4. The van der Waals surface area contributed by atoms with E-state index in [4.69, 9.17) is 4.74 Å². The van der Waals surface area contributed by atoms with Gasteiger partial charge in [-0.15, -0.1) is 0 Å². The summed E-state index contributed by atoms with van der Waals surface area (Å²) in [4.78, 5) is 12.4. The predicted octanol–water partition coefficient (Wildman–Crippen LogP) is 3.30. The van der Waals surface area contributed by atoms with Crippen molar-refractivity contribution in [3.63, 3.8) is 0 Å². The van der Waals surface area contributed by atoms with Crippen LogP contribution in [0, 0.1) is 0 Å². The van der Waals surface area contributed by atoms with Gasteiger partial charge in [0, 0.05) is 20.6 Å². The topological polar surface area (TPSA) is 75.7 Å². The smallest absolute Gasteiger partial charge is 0.258 e. The van der Waals surface area contributed by atoms with Crippen molar-refractivity contribution in [3.05, 3.63) is 84.4 Å². The Labute approximate surface area is 177 Å². The van der Waals surface area contributed by atoms with Crippen molar-refractivity contribution in [2.75, 3.05) is 20.7 Å². The normalized spacial score (nSPS) is 11.3. The van der Waals surface area contributed by atoms with E-state index in [2.05, 4.69) is 5.32 Å². The molecule has 0 aromatic heterocycles. The molecule has 156 valence electrons. The summed E-state index contributed by atoms with van der Waals surface area (Å²) in [5, 5.41) is 2.71. The predicted molar refractivity (Wildman–Crippen MR) is 117 cm³/mol. The Hall–Kier alpha value is -3.16. The molecule has 0 saturated heterocycles. The van der Waals surface area contributed by atoms with Crippen molar-refractivity contribution in [1.29, 1.82) is 0 Å². The zero-order chi connectivity index (χ0) is 21.6. The van der Waals surface area contributed by atoms with Gasteiger partial charge >= 0.3 is 0 Å². The molecule has 0 aliphatic rings. The van der Waals surface area contributed by atoms with Gasteiger partial charge in [-0.3, -0.25) is 4.79 Å². The van der Waals surface area contributed by atoms with Crippen molar-refractivity contribution in [2.45, 2.75) is 11.4 Å². The highest BCUT2D eigenvalue weighted by atomic mass is 32.2. The Morgan fingerprint density at radius 2 is 1.47 bits per heavy atom. The zero-order valence-corrected chi connectivity index (χ0v) is 17.7. The van der Waals surface area contributed by atoms with Crippen molar-refractivity contribution in [2.24, 2.45) is 0 Å². The lowest BCUT2D eigenvalue weighted by molar-refractivity contribution is -0.123. The van der Waals surface area contributed by atoms with Gasteiger partial charge in [-0.1, -0.05) is 60.7 Å². The van der Waals surface area contributed by atoms with E-state index in [0.29, 0.717) is 11.3 Å². The molecule has 0 saturated carbocycles. The molecule has 0 aliphatic carbocycles. The monoisotopic (exact) mass is 424 g/mol. The van der Waals surface area contributed by atoms with Crippen molar-refractivity contribution in [3.8, 4) is 16.9 Å². The number of hydrogen-bond acceptors (Lipinski definition) is 4. The lowest BCUT2D eigenvalue weighted by Crippen LogP contribution is -2.30. The molecule has 7 heteroatoms. The average Bonchev–Trinajstić information content (AvgIpc) is 2.77. The molecule has 0 spiro atoms. The van der Waals surface area contributed by atoms with Crippen LogP contribution < -0.4 is 10.1 Å². The number of nitrogens with zero attached hydrogens (tertiary/aromatic N) is 1. The molecule has 0 atom stereocenters. The quantitative estimate of drug-likeness (QED) is 0.602. The third-order valence-corrected chi connectivity index (χ3v) is 6.45. The third kappa shape index (κ3) is 5.25. The summed E-state index contributed by atoms with van der Waals surface area (Å²) in [5.41, 5.74) is 2.69. The van der Waals surface area contributed by atoms with Gasteiger partial charge in [0.05, 0.1) is 4.90 Å². The highest BCUT2D eigenvalue weighted by Crippen LogP contribution is 2.22. The maximum absolute atomic E-state index is 12.4. The summed E-state index contributed by atoms with van der Waals surface area (Å²) in [5.74, 6) is 0.250. The molecule has 1 amide bonds. The SMILES string of the molecule is CN(C)S(=O)(=O)c1ccccc1CNC(=O)COc1ccc(-c2ccccc2)cc1. The first kappa shape index (κ1) is 21.5. The summed E-state index contributed by atoms with van der Waals surface area (Å²) in [6.07, 6.45) is 0. The highest BCUT2D eigenvalue weighted by Gasteiger charge is 2.20. The molecule has 0 heterocycles. The molecule has 6 nitrogen and oxygen atoms in total.